The van der Waals surface area contributed by atoms with Crippen molar-refractivity contribution in [2.24, 2.45) is 11.3 Å². The van der Waals surface area contributed by atoms with E-state index in [0.29, 0.717) is 12.3 Å². The number of carbonyl (C=O) groups excluding carboxylic acids is 1. The molecule has 0 heterocycles. The van der Waals surface area contributed by atoms with Gasteiger partial charge < -0.3 is 10.4 Å². The lowest BCUT2D eigenvalue weighted by Gasteiger charge is -2.28. The van der Waals surface area contributed by atoms with Gasteiger partial charge in [0.2, 0.25) is 5.91 Å². The van der Waals surface area contributed by atoms with Gasteiger partial charge >= 0.3 is 0 Å². The SMILES string of the molecule is CC(C)CC(C)(O)CNC(=O)C(C)(C)CCl. The van der Waals surface area contributed by atoms with Crippen LogP contribution in [0, 0.1) is 11.3 Å². The first-order valence-corrected chi connectivity index (χ1v) is 6.21. The summed E-state index contributed by atoms with van der Waals surface area (Å²) in [6.45, 7) is 9.66. The molecule has 0 aromatic heterocycles. The summed E-state index contributed by atoms with van der Waals surface area (Å²) in [6.07, 6.45) is 0.661. The zero-order valence-electron chi connectivity index (χ0n) is 10.9. The van der Waals surface area contributed by atoms with Gasteiger partial charge in [0.05, 0.1) is 11.0 Å². The van der Waals surface area contributed by atoms with Crippen molar-refractivity contribution < 1.29 is 9.90 Å². The molecule has 0 saturated heterocycles. The molecule has 0 aliphatic heterocycles. The maximum atomic E-state index is 11.7. The second kappa shape index (κ2) is 5.87. The van der Waals surface area contributed by atoms with Gasteiger partial charge in [-0.05, 0) is 33.1 Å². The number of carbonyl (C=O) groups is 1. The van der Waals surface area contributed by atoms with Crippen LogP contribution in [0.5, 0.6) is 0 Å². The Labute approximate surface area is 104 Å². The fraction of sp³-hybridized carbons (Fsp3) is 0.917. The van der Waals surface area contributed by atoms with Gasteiger partial charge in [0.1, 0.15) is 0 Å². The highest BCUT2D eigenvalue weighted by molar-refractivity contribution is 6.19. The summed E-state index contributed by atoms with van der Waals surface area (Å²) >= 11 is 5.70. The van der Waals surface area contributed by atoms with Crippen LogP contribution in [0.1, 0.15) is 41.0 Å². The molecule has 0 aromatic rings. The molecule has 1 unspecified atom stereocenters. The average Bonchev–Trinajstić information content (AvgIpc) is 2.12. The van der Waals surface area contributed by atoms with Gasteiger partial charge in [0.15, 0.2) is 0 Å². The normalized spacial score (nSPS) is 16.0. The van der Waals surface area contributed by atoms with Crippen molar-refractivity contribution >= 4 is 17.5 Å². The minimum Gasteiger partial charge on any atom is -0.388 e. The molecule has 0 aromatic carbocycles. The number of hydrogen-bond donors (Lipinski definition) is 2. The highest BCUT2D eigenvalue weighted by Crippen LogP contribution is 2.19. The van der Waals surface area contributed by atoms with Crippen LogP contribution >= 0.6 is 11.6 Å². The van der Waals surface area contributed by atoms with Crippen molar-refractivity contribution in [2.75, 3.05) is 12.4 Å². The van der Waals surface area contributed by atoms with Crippen LogP contribution in [-0.4, -0.2) is 29.0 Å². The maximum Gasteiger partial charge on any atom is 0.226 e. The lowest BCUT2D eigenvalue weighted by atomic mass is 9.92. The minimum absolute atomic E-state index is 0.119. The molecule has 0 saturated carbocycles. The van der Waals surface area contributed by atoms with Crippen LogP contribution in [0.15, 0.2) is 0 Å². The van der Waals surface area contributed by atoms with Crippen molar-refractivity contribution in [3.8, 4) is 0 Å². The van der Waals surface area contributed by atoms with E-state index in [1.807, 2.05) is 13.8 Å². The third kappa shape index (κ3) is 5.71. The summed E-state index contributed by atoms with van der Waals surface area (Å²) in [5.74, 6) is 0.546. The minimum atomic E-state index is -0.855. The molecule has 2 N–H and O–H groups in total. The first kappa shape index (κ1) is 15.7. The molecule has 1 amide bonds. The largest absolute Gasteiger partial charge is 0.388 e. The zero-order chi connectivity index (χ0) is 13.0. The van der Waals surface area contributed by atoms with E-state index in [1.165, 1.54) is 0 Å². The Morgan fingerprint density at radius 2 is 1.88 bits per heavy atom. The number of amides is 1. The van der Waals surface area contributed by atoms with Gasteiger partial charge in [-0.15, -0.1) is 11.6 Å². The predicted molar refractivity (Wildman–Crippen MR) is 67.6 cm³/mol. The van der Waals surface area contributed by atoms with E-state index in [2.05, 4.69) is 5.32 Å². The van der Waals surface area contributed by atoms with E-state index >= 15 is 0 Å². The molecule has 4 heteroatoms. The number of hydrogen-bond acceptors (Lipinski definition) is 2. The number of alkyl halides is 1. The summed E-state index contributed by atoms with van der Waals surface area (Å²) in [6, 6.07) is 0. The third-order valence-electron chi connectivity index (χ3n) is 2.43. The molecule has 1 atom stereocenters. The summed E-state index contributed by atoms with van der Waals surface area (Å²) in [7, 11) is 0. The highest BCUT2D eigenvalue weighted by Gasteiger charge is 2.29. The topological polar surface area (TPSA) is 49.3 Å². The van der Waals surface area contributed by atoms with Crippen molar-refractivity contribution in [2.45, 2.75) is 46.6 Å². The Morgan fingerprint density at radius 1 is 1.38 bits per heavy atom. The van der Waals surface area contributed by atoms with Gasteiger partial charge in [0.25, 0.3) is 0 Å². The van der Waals surface area contributed by atoms with Gasteiger partial charge in [-0.3, -0.25) is 4.79 Å². The number of aliphatic hydroxyl groups is 1. The van der Waals surface area contributed by atoms with Crippen LogP contribution in [-0.2, 0) is 4.79 Å². The Bertz CT molecular complexity index is 237. The lowest BCUT2D eigenvalue weighted by molar-refractivity contribution is -0.129. The molecule has 0 aliphatic carbocycles. The molecule has 0 fully saturated rings. The van der Waals surface area contributed by atoms with Crippen LogP contribution in [0.4, 0.5) is 0 Å². The Hall–Kier alpha value is -0.280. The number of halogens is 1. The quantitative estimate of drug-likeness (QED) is 0.709. The molecular weight excluding hydrogens is 226 g/mol. The fourth-order valence-corrected chi connectivity index (χ4v) is 1.64. The Morgan fingerprint density at radius 3 is 2.25 bits per heavy atom. The first-order chi connectivity index (χ1) is 7.10. The standard InChI is InChI=1S/C12H24ClNO2/c1-9(2)6-12(5,16)8-14-10(15)11(3,4)7-13/h9,16H,6-8H2,1-5H3,(H,14,15). The fourth-order valence-electron chi connectivity index (χ4n) is 1.52. The van der Waals surface area contributed by atoms with E-state index in [-0.39, 0.29) is 18.3 Å². The number of rotatable bonds is 6. The molecular formula is C12H24ClNO2. The van der Waals surface area contributed by atoms with Gasteiger partial charge in [-0.25, -0.2) is 0 Å². The molecule has 0 bridgehead atoms. The van der Waals surface area contributed by atoms with Crippen LogP contribution in [0.2, 0.25) is 0 Å². The van der Waals surface area contributed by atoms with Gasteiger partial charge in [0, 0.05) is 12.4 Å². The Balaban J connectivity index is 4.19. The maximum absolute atomic E-state index is 11.7. The molecule has 0 rings (SSSR count). The smallest absolute Gasteiger partial charge is 0.226 e. The highest BCUT2D eigenvalue weighted by atomic mass is 35.5. The predicted octanol–water partition coefficient (Wildman–Crippen LogP) is 2.16. The van der Waals surface area contributed by atoms with Crippen LogP contribution in [0.3, 0.4) is 0 Å². The van der Waals surface area contributed by atoms with Crippen molar-refractivity contribution in [3.63, 3.8) is 0 Å². The summed E-state index contributed by atoms with van der Waals surface area (Å²) in [5, 5.41) is 12.8. The Kier molecular flexibility index (Phi) is 5.77. The molecule has 3 nitrogen and oxygen atoms in total. The lowest BCUT2D eigenvalue weighted by Crippen LogP contribution is -2.46. The zero-order valence-corrected chi connectivity index (χ0v) is 11.7. The first-order valence-electron chi connectivity index (χ1n) is 5.67. The van der Waals surface area contributed by atoms with Gasteiger partial charge in [-0.1, -0.05) is 13.8 Å². The third-order valence-corrected chi connectivity index (χ3v) is 3.09. The van der Waals surface area contributed by atoms with Crippen LogP contribution in [0.25, 0.3) is 0 Å². The van der Waals surface area contributed by atoms with Crippen molar-refractivity contribution in [1.82, 2.24) is 5.32 Å². The van der Waals surface area contributed by atoms with E-state index in [1.54, 1.807) is 20.8 Å². The van der Waals surface area contributed by atoms with E-state index in [4.69, 9.17) is 11.6 Å². The molecule has 0 spiro atoms. The molecule has 0 aliphatic rings. The summed E-state index contributed by atoms with van der Waals surface area (Å²) in [5.41, 5.74) is -1.44. The molecule has 96 valence electrons. The molecule has 16 heavy (non-hydrogen) atoms. The average molecular weight is 250 g/mol. The summed E-state index contributed by atoms with van der Waals surface area (Å²) < 4.78 is 0. The van der Waals surface area contributed by atoms with E-state index < -0.39 is 11.0 Å². The van der Waals surface area contributed by atoms with Gasteiger partial charge in [-0.2, -0.15) is 0 Å². The monoisotopic (exact) mass is 249 g/mol. The van der Waals surface area contributed by atoms with Crippen molar-refractivity contribution in [1.29, 1.82) is 0 Å². The second-order valence-electron chi connectivity index (χ2n) is 5.80. The molecule has 0 radical (unpaired) electrons. The van der Waals surface area contributed by atoms with Crippen LogP contribution < -0.4 is 5.32 Å². The van der Waals surface area contributed by atoms with E-state index in [0.717, 1.165) is 0 Å². The van der Waals surface area contributed by atoms with Crippen molar-refractivity contribution in [3.05, 3.63) is 0 Å². The van der Waals surface area contributed by atoms with E-state index in [9.17, 15) is 9.90 Å². The summed E-state index contributed by atoms with van der Waals surface area (Å²) in [4.78, 5) is 11.7. The second-order valence-corrected chi connectivity index (χ2v) is 6.06. The number of nitrogens with one attached hydrogen (secondary N) is 1.